The zero-order valence-corrected chi connectivity index (χ0v) is 14.7. The zero-order valence-electron chi connectivity index (χ0n) is 13.1. The van der Waals surface area contributed by atoms with Gasteiger partial charge in [-0.3, -0.25) is 4.79 Å². The molecule has 2 aromatic rings. The molecule has 0 radical (unpaired) electrons. The Morgan fingerprint density at radius 3 is 2.87 bits per heavy atom. The highest BCUT2D eigenvalue weighted by Gasteiger charge is 2.15. The van der Waals surface area contributed by atoms with Crippen LogP contribution in [-0.2, 0) is 4.79 Å². The number of carbonyl (C=O) groups excluding carboxylic acids is 1. The first-order valence-electron chi connectivity index (χ1n) is 7.89. The Morgan fingerprint density at radius 1 is 1.35 bits per heavy atom. The first kappa shape index (κ1) is 16.3. The molecule has 1 saturated heterocycles. The molecule has 2 heterocycles. The van der Waals surface area contributed by atoms with E-state index in [0.29, 0.717) is 0 Å². The second-order valence-electron chi connectivity index (χ2n) is 5.75. The molecular formula is C17H20ClN3OS. The summed E-state index contributed by atoms with van der Waals surface area (Å²) in [4.78, 5) is 18.8. The van der Waals surface area contributed by atoms with Crippen LogP contribution in [0, 0.1) is 0 Å². The second kappa shape index (κ2) is 7.32. The fourth-order valence-electron chi connectivity index (χ4n) is 2.63. The predicted molar refractivity (Wildman–Crippen MR) is 97.6 cm³/mol. The van der Waals surface area contributed by atoms with Crippen LogP contribution in [0.2, 0.25) is 0 Å². The van der Waals surface area contributed by atoms with E-state index in [1.54, 1.807) is 18.3 Å². The lowest BCUT2D eigenvalue weighted by Gasteiger charge is -2.25. The van der Waals surface area contributed by atoms with Gasteiger partial charge < -0.3 is 10.2 Å². The highest BCUT2D eigenvalue weighted by molar-refractivity contribution is 7.14. The molecule has 4 nitrogen and oxygen atoms in total. The van der Waals surface area contributed by atoms with E-state index in [0.717, 1.165) is 35.2 Å². The highest BCUT2D eigenvalue weighted by Crippen LogP contribution is 2.30. The van der Waals surface area contributed by atoms with Gasteiger partial charge in [0.05, 0.1) is 5.69 Å². The summed E-state index contributed by atoms with van der Waals surface area (Å²) in [7, 11) is 0. The van der Waals surface area contributed by atoms with Gasteiger partial charge in [-0.15, -0.1) is 22.9 Å². The quantitative estimate of drug-likeness (QED) is 0.834. The van der Waals surface area contributed by atoms with Crippen LogP contribution in [0.25, 0.3) is 11.3 Å². The van der Waals surface area contributed by atoms with Crippen molar-refractivity contribution in [2.45, 2.75) is 31.6 Å². The SMILES string of the molecule is CC(Cl)C(=O)Nc1cccc(-c2csc(N3CCCCC3)n2)c1. The summed E-state index contributed by atoms with van der Waals surface area (Å²) in [6.07, 6.45) is 3.80. The number of hydrogen-bond acceptors (Lipinski definition) is 4. The van der Waals surface area contributed by atoms with Gasteiger partial charge in [-0.2, -0.15) is 0 Å². The lowest BCUT2D eigenvalue weighted by Crippen LogP contribution is -2.29. The number of halogens is 1. The smallest absolute Gasteiger partial charge is 0.242 e. The summed E-state index contributed by atoms with van der Waals surface area (Å²) in [5, 5.41) is 5.43. The Hall–Kier alpha value is -1.59. The number of nitrogens with one attached hydrogen (secondary N) is 1. The summed E-state index contributed by atoms with van der Waals surface area (Å²) in [5.74, 6) is -0.198. The fraction of sp³-hybridized carbons (Fsp3) is 0.412. The number of nitrogens with zero attached hydrogens (tertiary/aromatic N) is 2. The highest BCUT2D eigenvalue weighted by atomic mass is 35.5. The van der Waals surface area contributed by atoms with Gasteiger partial charge in [-0.1, -0.05) is 12.1 Å². The number of hydrogen-bond donors (Lipinski definition) is 1. The Kier molecular flexibility index (Phi) is 5.18. The molecule has 1 atom stereocenters. The lowest BCUT2D eigenvalue weighted by atomic mass is 10.1. The van der Waals surface area contributed by atoms with Gasteiger partial charge in [0.2, 0.25) is 5.91 Å². The second-order valence-corrected chi connectivity index (χ2v) is 7.24. The van der Waals surface area contributed by atoms with Crippen LogP contribution in [0.4, 0.5) is 10.8 Å². The van der Waals surface area contributed by atoms with Crippen LogP contribution in [0.15, 0.2) is 29.6 Å². The van der Waals surface area contributed by atoms with Gasteiger partial charge in [0.15, 0.2) is 5.13 Å². The average Bonchev–Trinajstić information content (AvgIpc) is 3.06. The Morgan fingerprint density at radius 2 is 2.13 bits per heavy atom. The van der Waals surface area contributed by atoms with Crippen molar-refractivity contribution in [3.63, 3.8) is 0 Å². The molecule has 1 unspecified atom stereocenters. The van der Waals surface area contributed by atoms with E-state index < -0.39 is 5.38 Å². The molecule has 1 aromatic heterocycles. The van der Waals surface area contributed by atoms with E-state index in [-0.39, 0.29) is 5.91 Å². The number of piperidine rings is 1. The molecular weight excluding hydrogens is 330 g/mol. The van der Waals surface area contributed by atoms with Crippen molar-refractivity contribution in [2.24, 2.45) is 0 Å². The molecule has 0 bridgehead atoms. The van der Waals surface area contributed by atoms with Gasteiger partial charge in [-0.05, 0) is 38.3 Å². The lowest BCUT2D eigenvalue weighted by molar-refractivity contribution is -0.115. The fourth-order valence-corrected chi connectivity index (χ4v) is 3.57. The normalized spacial score (nSPS) is 16.2. The number of carbonyl (C=O) groups is 1. The van der Waals surface area contributed by atoms with Gasteiger partial charge in [0.25, 0.3) is 0 Å². The maximum Gasteiger partial charge on any atom is 0.242 e. The van der Waals surface area contributed by atoms with Crippen molar-refractivity contribution in [2.75, 3.05) is 23.3 Å². The predicted octanol–water partition coefficient (Wildman–Crippen LogP) is 4.37. The number of aromatic nitrogens is 1. The largest absolute Gasteiger partial charge is 0.348 e. The number of amides is 1. The number of thiazole rings is 1. The van der Waals surface area contributed by atoms with Crippen molar-refractivity contribution in [3.05, 3.63) is 29.6 Å². The third-order valence-corrected chi connectivity index (χ3v) is 5.01. The van der Waals surface area contributed by atoms with Crippen LogP contribution >= 0.6 is 22.9 Å². The Bertz CT molecular complexity index is 680. The molecule has 3 rings (SSSR count). The summed E-state index contributed by atoms with van der Waals surface area (Å²) < 4.78 is 0. The number of alkyl halides is 1. The van der Waals surface area contributed by atoms with Gasteiger partial charge in [-0.25, -0.2) is 4.98 Å². The molecule has 1 aliphatic rings. The van der Waals surface area contributed by atoms with E-state index in [2.05, 4.69) is 15.6 Å². The minimum Gasteiger partial charge on any atom is -0.348 e. The van der Waals surface area contributed by atoms with Crippen LogP contribution in [0.1, 0.15) is 26.2 Å². The van der Waals surface area contributed by atoms with E-state index in [9.17, 15) is 4.79 Å². The van der Waals surface area contributed by atoms with E-state index in [4.69, 9.17) is 16.6 Å². The molecule has 1 aromatic carbocycles. The molecule has 0 spiro atoms. The summed E-state index contributed by atoms with van der Waals surface area (Å²) in [6.45, 7) is 3.85. The first-order valence-corrected chi connectivity index (χ1v) is 9.21. The molecule has 1 fully saturated rings. The molecule has 122 valence electrons. The monoisotopic (exact) mass is 349 g/mol. The molecule has 0 saturated carbocycles. The molecule has 6 heteroatoms. The number of anilines is 2. The average molecular weight is 350 g/mol. The van der Waals surface area contributed by atoms with Crippen LogP contribution in [0.3, 0.4) is 0 Å². The van der Waals surface area contributed by atoms with Crippen molar-refractivity contribution < 1.29 is 4.79 Å². The van der Waals surface area contributed by atoms with Crippen molar-refractivity contribution in [1.29, 1.82) is 0 Å². The van der Waals surface area contributed by atoms with Gasteiger partial charge in [0, 0.05) is 29.7 Å². The maximum absolute atomic E-state index is 11.7. The number of benzene rings is 1. The van der Waals surface area contributed by atoms with Crippen LogP contribution < -0.4 is 10.2 Å². The minimum atomic E-state index is -0.552. The van der Waals surface area contributed by atoms with Gasteiger partial charge >= 0.3 is 0 Å². The third-order valence-electron chi connectivity index (χ3n) is 3.91. The van der Waals surface area contributed by atoms with Crippen LogP contribution in [-0.4, -0.2) is 29.4 Å². The van der Waals surface area contributed by atoms with Crippen molar-refractivity contribution in [3.8, 4) is 11.3 Å². The topological polar surface area (TPSA) is 45.2 Å². The molecule has 1 amide bonds. The van der Waals surface area contributed by atoms with Gasteiger partial charge in [0.1, 0.15) is 5.38 Å². The minimum absolute atomic E-state index is 0.198. The van der Waals surface area contributed by atoms with E-state index in [1.165, 1.54) is 19.3 Å². The van der Waals surface area contributed by atoms with Crippen molar-refractivity contribution in [1.82, 2.24) is 4.98 Å². The summed E-state index contributed by atoms with van der Waals surface area (Å²) >= 11 is 7.48. The summed E-state index contributed by atoms with van der Waals surface area (Å²) in [6, 6.07) is 7.73. The molecule has 0 aliphatic carbocycles. The Balaban J connectivity index is 1.76. The first-order chi connectivity index (χ1) is 11.1. The van der Waals surface area contributed by atoms with Crippen LogP contribution in [0.5, 0.6) is 0 Å². The third kappa shape index (κ3) is 4.03. The zero-order chi connectivity index (χ0) is 16.2. The maximum atomic E-state index is 11.7. The molecule has 1 N–H and O–H groups in total. The van der Waals surface area contributed by atoms with E-state index in [1.807, 2.05) is 24.3 Å². The standard InChI is InChI=1S/C17H20ClN3OS/c1-12(18)16(22)19-14-7-5-6-13(10-14)15-11-23-17(20-15)21-8-3-2-4-9-21/h5-7,10-12H,2-4,8-9H2,1H3,(H,19,22). The summed E-state index contributed by atoms with van der Waals surface area (Å²) in [5.41, 5.74) is 2.70. The molecule has 1 aliphatic heterocycles. The Labute approximate surface area is 145 Å². The molecule has 23 heavy (non-hydrogen) atoms. The van der Waals surface area contributed by atoms with E-state index >= 15 is 0 Å². The van der Waals surface area contributed by atoms with Crippen molar-refractivity contribution >= 4 is 39.7 Å². The number of rotatable bonds is 4.